The van der Waals surface area contributed by atoms with Crippen molar-refractivity contribution in [2.24, 2.45) is 0 Å². The standard InChI is InChI=1S/C17H25NO3/c1-3-10-17(16(19)20)11-7-12-18(17)15(13-21-2)14-8-5-4-6-9-14/h4-6,8-9,15H,3,7,10-13H2,1-2H3,(H,19,20). The maximum absolute atomic E-state index is 12.0. The Kier molecular flexibility index (Phi) is 5.37. The van der Waals surface area contributed by atoms with Gasteiger partial charge in [-0.3, -0.25) is 9.69 Å². The molecular weight excluding hydrogens is 266 g/mol. The van der Waals surface area contributed by atoms with E-state index in [0.717, 1.165) is 31.4 Å². The second-order valence-electron chi connectivity index (χ2n) is 5.77. The minimum Gasteiger partial charge on any atom is -0.480 e. The van der Waals surface area contributed by atoms with E-state index in [1.54, 1.807) is 7.11 Å². The molecule has 1 heterocycles. The van der Waals surface area contributed by atoms with Crippen LogP contribution in [-0.2, 0) is 9.53 Å². The Bertz CT molecular complexity index is 462. The first-order valence-corrected chi connectivity index (χ1v) is 7.69. The SMILES string of the molecule is CCCC1(C(=O)O)CCCN1C(COC)c1ccccc1. The van der Waals surface area contributed by atoms with Gasteiger partial charge in [-0.1, -0.05) is 43.7 Å². The molecule has 1 N–H and O–H groups in total. The molecule has 2 rings (SSSR count). The third kappa shape index (κ3) is 3.11. The molecule has 1 fully saturated rings. The van der Waals surface area contributed by atoms with Gasteiger partial charge in [0, 0.05) is 13.7 Å². The number of ether oxygens (including phenoxy) is 1. The van der Waals surface area contributed by atoms with Gasteiger partial charge in [0.1, 0.15) is 5.54 Å². The number of carboxylic acid groups (broad SMARTS) is 1. The summed E-state index contributed by atoms with van der Waals surface area (Å²) in [6.07, 6.45) is 3.22. The predicted octanol–water partition coefficient (Wildman–Crippen LogP) is 3.09. The number of methoxy groups -OCH3 is 1. The van der Waals surface area contributed by atoms with Gasteiger partial charge in [-0.25, -0.2) is 0 Å². The first kappa shape index (κ1) is 16.0. The van der Waals surface area contributed by atoms with Crippen molar-refractivity contribution in [1.29, 1.82) is 0 Å². The summed E-state index contributed by atoms with van der Waals surface area (Å²) in [5.41, 5.74) is 0.385. The molecule has 1 aromatic rings. The fourth-order valence-electron chi connectivity index (χ4n) is 3.57. The Morgan fingerprint density at radius 1 is 1.43 bits per heavy atom. The summed E-state index contributed by atoms with van der Waals surface area (Å²) >= 11 is 0. The lowest BCUT2D eigenvalue weighted by Gasteiger charge is -2.40. The molecule has 1 aromatic carbocycles. The molecular formula is C17H25NO3. The van der Waals surface area contributed by atoms with Crippen LogP contribution in [0.1, 0.15) is 44.2 Å². The lowest BCUT2D eigenvalue weighted by Crippen LogP contribution is -2.52. The zero-order chi connectivity index (χ0) is 15.3. The molecule has 4 nitrogen and oxygen atoms in total. The lowest BCUT2D eigenvalue weighted by molar-refractivity contribution is -0.152. The molecule has 0 amide bonds. The summed E-state index contributed by atoms with van der Waals surface area (Å²) in [5, 5.41) is 9.85. The number of carbonyl (C=O) groups is 1. The first-order chi connectivity index (χ1) is 10.2. The highest BCUT2D eigenvalue weighted by Crippen LogP contribution is 2.40. The minimum absolute atomic E-state index is 0.00125. The first-order valence-electron chi connectivity index (χ1n) is 7.69. The van der Waals surface area contributed by atoms with E-state index >= 15 is 0 Å². The molecule has 1 saturated heterocycles. The van der Waals surface area contributed by atoms with Crippen molar-refractivity contribution < 1.29 is 14.6 Å². The van der Waals surface area contributed by atoms with Gasteiger partial charge in [0.25, 0.3) is 0 Å². The van der Waals surface area contributed by atoms with E-state index < -0.39 is 11.5 Å². The Labute approximate surface area is 126 Å². The van der Waals surface area contributed by atoms with Gasteiger partial charge >= 0.3 is 5.97 Å². The summed E-state index contributed by atoms with van der Waals surface area (Å²) in [5.74, 6) is -0.695. The number of carboxylic acids is 1. The molecule has 2 unspecified atom stereocenters. The topological polar surface area (TPSA) is 49.8 Å². The number of rotatable bonds is 7. The largest absolute Gasteiger partial charge is 0.480 e. The van der Waals surface area contributed by atoms with Crippen molar-refractivity contribution in [3.05, 3.63) is 35.9 Å². The van der Waals surface area contributed by atoms with Crippen LogP contribution in [-0.4, -0.2) is 41.8 Å². The summed E-state index contributed by atoms with van der Waals surface area (Å²) in [4.78, 5) is 14.1. The third-order valence-electron chi connectivity index (χ3n) is 4.49. The van der Waals surface area contributed by atoms with Crippen LogP contribution in [0.5, 0.6) is 0 Å². The Balaban J connectivity index is 2.36. The zero-order valence-electron chi connectivity index (χ0n) is 12.9. The zero-order valence-corrected chi connectivity index (χ0v) is 12.9. The Morgan fingerprint density at radius 3 is 2.71 bits per heavy atom. The molecule has 21 heavy (non-hydrogen) atoms. The van der Waals surface area contributed by atoms with Gasteiger partial charge in [0.05, 0.1) is 12.6 Å². The summed E-state index contributed by atoms with van der Waals surface area (Å²) in [6, 6.07) is 10.1. The number of hydrogen-bond acceptors (Lipinski definition) is 3. The van der Waals surface area contributed by atoms with Crippen LogP contribution >= 0.6 is 0 Å². The van der Waals surface area contributed by atoms with Crippen LogP contribution in [0.15, 0.2) is 30.3 Å². The highest BCUT2D eigenvalue weighted by atomic mass is 16.5. The summed E-state index contributed by atoms with van der Waals surface area (Å²) in [6.45, 7) is 3.38. The quantitative estimate of drug-likeness (QED) is 0.838. The lowest BCUT2D eigenvalue weighted by atomic mass is 9.88. The van der Waals surface area contributed by atoms with Crippen molar-refractivity contribution in [3.63, 3.8) is 0 Å². The van der Waals surface area contributed by atoms with Gasteiger partial charge in [0.2, 0.25) is 0 Å². The van der Waals surface area contributed by atoms with E-state index in [9.17, 15) is 9.90 Å². The number of nitrogens with zero attached hydrogens (tertiary/aromatic N) is 1. The molecule has 0 bridgehead atoms. The van der Waals surface area contributed by atoms with Crippen LogP contribution in [0.4, 0.5) is 0 Å². The van der Waals surface area contributed by atoms with E-state index in [1.165, 1.54) is 0 Å². The number of hydrogen-bond donors (Lipinski definition) is 1. The van der Waals surface area contributed by atoms with Crippen LogP contribution in [0.2, 0.25) is 0 Å². The van der Waals surface area contributed by atoms with E-state index in [1.807, 2.05) is 18.2 Å². The smallest absolute Gasteiger partial charge is 0.324 e. The van der Waals surface area contributed by atoms with Crippen LogP contribution in [0.25, 0.3) is 0 Å². The Morgan fingerprint density at radius 2 is 2.14 bits per heavy atom. The number of likely N-dealkylation sites (tertiary alicyclic amines) is 1. The van der Waals surface area contributed by atoms with Gasteiger partial charge in [-0.05, 0) is 24.8 Å². The van der Waals surface area contributed by atoms with E-state index in [4.69, 9.17) is 4.74 Å². The van der Waals surface area contributed by atoms with Gasteiger partial charge in [-0.2, -0.15) is 0 Å². The monoisotopic (exact) mass is 291 g/mol. The van der Waals surface area contributed by atoms with Gasteiger partial charge < -0.3 is 9.84 Å². The van der Waals surface area contributed by atoms with E-state index in [-0.39, 0.29) is 6.04 Å². The minimum atomic E-state index is -0.742. The van der Waals surface area contributed by atoms with Crippen molar-refractivity contribution in [2.45, 2.75) is 44.2 Å². The van der Waals surface area contributed by atoms with Crippen LogP contribution < -0.4 is 0 Å². The molecule has 1 aliphatic rings. The molecule has 1 aliphatic heterocycles. The molecule has 0 saturated carbocycles. The third-order valence-corrected chi connectivity index (χ3v) is 4.49. The highest BCUT2D eigenvalue weighted by molar-refractivity contribution is 5.79. The molecule has 0 spiro atoms. The average Bonchev–Trinajstić information content (AvgIpc) is 2.91. The van der Waals surface area contributed by atoms with Crippen molar-refractivity contribution in [1.82, 2.24) is 4.90 Å². The van der Waals surface area contributed by atoms with Crippen LogP contribution in [0, 0.1) is 0 Å². The molecule has 0 radical (unpaired) electrons. The maximum atomic E-state index is 12.0. The van der Waals surface area contributed by atoms with E-state index in [0.29, 0.717) is 13.0 Å². The van der Waals surface area contributed by atoms with Crippen LogP contribution in [0.3, 0.4) is 0 Å². The average molecular weight is 291 g/mol. The fourth-order valence-corrected chi connectivity index (χ4v) is 3.57. The summed E-state index contributed by atoms with van der Waals surface area (Å²) in [7, 11) is 1.67. The molecule has 116 valence electrons. The van der Waals surface area contributed by atoms with Gasteiger partial charge in [-0.15, -0.1) is 0 Å². The summed E-state index contributed by atoms with van der Waals surface area (Å²) < 4.78 is 5.39. The highest BCUT2D eigenvalue weighted by Gasteiger charge is 2.49. The van der Waals surface area contributed by atoms with Crippen molar-refractivity contribution in [3.8, 4) is 0 Å². The number of aliphatic carboxylic acids is 1. The number of benzene rings is 1. The second kappa shape index (κ2) is 7.05. The second-order valence-corrected chi connectivity index (χ2v) is 5.77. The fraction of sp³-hybridized carbons (Fsp3) is 0.588. The van der Waals surface area contributed by atoms with Crippen molar-refractivity contribution in [2.75, 3.05) is 20.3 Å². The molecule has 2 atom stereocenters. The maximum Gasteiger partial charge on any atom is 0.324 e. The normalized spacial score (nSPS) is 24.1. The molecule has 4 heteroatoms. The van der Waals surface area contributed by atoms with Crippen molar-refractivity contribution >= 4 is 5.97 Å². The van der Waals surface area contributed by atoms with Gasteiger partial charge in [0.15, 0.2) is 0 Å². The van der Waals surface area contributed by atoms with E-state index in [2.05, 4.69) is 24.0 Å². The predicted molar refractivity (Wildman–Crippen MR) is 82.3 cm³/mol. The molecule has 0 aliphatic carbocycles. The molecule has 0 aromatic heterocycles. The Hall–Kier alpha value is -1.39.